The second-order valence-electron chi connectivity index (χ2n) is 3.31. The molecule has 19 heavy (non-hydrogen) atoms. The second-order valence-corrected chi connectivity index (χ2v) is 3.31. The summed E-state index contributed by atoms with van der Waals surface area (Å²) in [6.45, 7) is 15.5. The number of aldehydes is 2. The van der Waals surface area contributed by atoms with Crippen molar-refractivity contribution in [3.63, 3.8) is 0 Å². The van der Waals surface area contributed by atoms with Crippen LogP contribution < -0.4 is 0 Å². The third-order valence-corrected chi connectivity index (χ3v) is 0.935. The number of carbonyl (C=O) groups excluding carboxylic acids is 3. The molecule has 0 fully saturated rings. The largest absolute Gasteiger partial charge is 0.303 e. The molecule has 0 aromatic heterocycles. The molecule has 0 saturated heterocycles. The number of hydrogen-bond donors (Lipinski definition) is 0. The van der Waals surface area contributed by atoms with E-state index in [0.29, 0.717) is 12.8 Å². The quantitative estimate of drug-likeness (QED) is 0.678. The molecule has 0 aliphatic heterocycles. The van der Waals surface area contributed by atoms with Crippen molar-refractivity contribution < 1.29 is 14.4 Å². The van der Waals surface area contributed by atoms with Crippen LogP contribution in [0.1, 0.15) is 87.5 Å². The van der Waals surface area contributed by atoms with Gasteiger partial charge in [0.2, 0.25) is 0 Å². The van der Waals surface area contributed by atoms with Gasteiger partial charge in [0.1, 0.15) is 18.4 Å². The second kappa shape index (κ2) is 53.7. The first-order chi connectivity index (χ1) is 9.01. The monoisotopic (exact) mass is 276 g/mol. The SMILES string of the molecule is CC.CCC.CCC=O.CCC=O.CCCC(C)=O. The molecule has 118 valence electrons. The zero-order valence-electron chi connectivity index (χ0n) is 14.4. The molecule has 0 saturated carbocycles. The number of hydrogen-bond acceptors (Lipinski definition) is 3. The van der Waals surface area contributed by atoms with E-state index in [1.54, 1.807) is 6.92 Å². The van der Waals surface area contributed by atoms with Gasteiger partial charge in [0.25, 0.3) is 0 Å². The van der Waals surface area contributed by atoms with Crippen LogP contribution in [0.25, 0.3) is 0 Å². The van der Waals surface area contributed by atoms with Gasteiger partial charge in [0.15, 0.2) is 0 Å². The minimum atomic E-state index is 0.289. The van der Waals surface area contributed by atoms with Gasteiger partial charge in [-0.2, -0.15) is 0 Å². The molecule has 0 aliphatic rings. The molecule has 0 amide bonds. The van der Waals surface area contributed by atoms with Gasteiger partial charge in [-0.15, -0.1) is 0 Å². The number of rotatable bonds is 4. The average Bonchev–Trinajstić information content (AvgIpc) is 2.42. The summed E-state index contributed by atoms with van der Waals surface area (Å²) in [6, 6.07) is 0. The third-order valence-electron chi connectivity index (χ3n) is 0.935. The van der Waals surface area contributed by atoms with Crippen molar-refractivity contribution in [3.8, 4) is 0 Å². The highest BCUT2D eigenvalue weighted by molar-refractivity contribution is 5.75. The van der Waals surface area contributed by atoms with E-state index in [2.05, 4.69) is 13.8 Å². The Bertz CT molecular complexity index is 135. The molecule has 0 unspecified atom stereocenters. The highest BCUT2D eigenvalue weighted by Crippen LogP contribution is 1.84. The molecule has 0 atom stereocenters. The van der Waals surface area contributed by atoms with Gasteiger partial charge in [0, 0.05) is 19.3 Å². The summed E-state index contributed by atoms with van der Waals surface area (Å²) in [5, 5.41) is 0. The van der Waals surface area contributed by atoms with Gasteiger partial charge in [-0.25, -0.2) is 0 Å². The zero-order valence-corrected chi connectivity index (χ0v) is 14.4. The van der Waals surface area contributed by atoms with E-state index >= 15 is 0 Å². The summed E-state index contributed by atoms with van der Waals surface area (Å²) >= 11 is 0. The van der Waals surface area contributed by atoms with Crippen LogP contribution >= 0.6 is 0 Å². The van der Waals surface area contributed by atoms with E-state index in [1.165, 1.54) is 6.42 Å². The lowest BCUT2D eigenvalue weighted by Gasteiger charge is -1.80. The molecule has 0 aromatic rings. The van der Waals surface area contributed by atoms with Crippen LogP contribution in [0, 0.1) is 0 Å². The first kappa shape index (κ1) is 30.8. The molecule has 0 N–H and O–H groups in total. The molecular formula is C16H36O3. The van der Waals surface area contributed by atoms with Gasteiger partial charge >= 0.3 is 0 Å². The van der Waals surface area contributed by atoms with Crippen molar-refractivity contribution in [1.29, 1.82) is 0 Å². The fraction of sp³-hybridized carbons (Fsp3) is 0.812. The fourth-order valence-electron chi connectivity index (χ4n) is 0.352. The highest BCUT2D eigenvalue weighted by atomic mass is 16.1. The standard InChI is InChI=1S/C5H10O.2C3H6O.C3H8.C2H6/c1-3-4-5(2)6;2*1-2-3-4;1-3-2;1-2/h3-4H2,1-2H3;2*3H,2H2,1H3;3H2,1-2H3;1-2H3. The van der Waals surface area contributed by atoms with Gasteiger partial charge < -0.3 is 14.4 Å². The molecule has 0 bridgehead atoms. The first-order valence-electron chi connectivity index (χ1n) is 7.38. The zero-order chi connectivity index (χ0) is 16.5. The third kappa shape index (κ3) is 238. The van der Waals surface area contributed by atoms with E-state index < -0.39 is 0 Å². The minimum absolute atomic E-state index is 0.289. The van der Waals surface area contributed by atoms with Gasteiger partial charge in [-0.05, 0) is 13.3 Å². The molecule has 0 aliphatic carbocycles. The lowest BCUT2D eigenvalue weighted by Crippen LogP contribution is -1.84. The van der Waals surface area contributed by atoms with E-state index in [0.717, 1.165) is 25.4 Å². The summed E-state index contributed by atoms with van der Waals surface area (Å²) in [6.07, 6.45) is 6.00. The number of carbonyl (C=O) groups is 3. The maximum absolute atomic E-state index is 10.0. The fourth-order valence-corrected chi connectivity index (χ4v) is 0.352. The Morgan fingerprint density at radius 3 is 1.05 bits per heavy atom. The molecule has 0 radical (unpaired) electrons. The Morgan fingerprint density at radius 1 is 0.842 bits per heavy atom. The first-order valence-corrected chi connectivity index (χ1v) is 7.38. The van der Waals surface area contributed by atoms with Crippen molar-refractivity contribution >= 4 is 18.4 Å². The summed E-state index contributed by atoms with van der Waals surface area (Å²) in [4.78, 5) is 28.4. The predicted molar refractivity (Wildman–Crippen MR) is 85.6 cm³/mol. The van der Waals surface area contributed by atoms with Crippen molar-refractivity contribution in [2.45, 2.75) is 87.5 Å². The van der Waals surface area contributed by atoms with Crippen molar-refractivity contribution in [3.05, 3.63) is 0 Å². The van der Waals surface area contributed by atoms with Crippen LogP contribution in [0.5, 0.6) is 0 Å². The smallest absolute Gasteiger partial charge is 0.129 e. The number of ketones is 1. The van der Waals surface area contributed by atoms with Gasteiger partial charge in [-0.3, -0.25) is 0 Å². The Kier molecular flexibility index (Phi) is 87.0. The summed E-state index contributed by atoms with van der Waals surface area (Å²) in [5.74, 6) is 0.289. The van der Waals surface area contributed by atoms with E-state index in [-0.39, 0.29) is 5.78 Å². The Labute approximate surface area is 121 Å². The molecule has 0 aromatic carbocycles. The van der Waals surface area contributed by atoms with Crippen LogP contribution in [0.15, 0.2) is 0 Å². The summed E-state index contributed by atoms with van der Waals surface area (Å²) in [5.41, 5.74) is 0. The van der Waals surface area contributed by atoms with Gasteiger partial charge in [0.05, 0.1) is 0 Å². The maximum Gasteiger partial charge on any atom is 0.129 e. The van der Waals surface area contributed by atoms with Crippen molar-refractivity contribution in [1.82, 2.24) is 0 Å². The Hall–Kier alpha value is -0.990. The van der Waals surface area contributed by atoms with Crippen LogP contribution in [0.2, 0.25) is 0 Å². The molecule has 0 rings (SSSR count). The molecule has 3 nitrogen and oxygen atoms in total. The van der Waals surface area contributed by atoms with Crippen molar-refractivity contribution in [2.24, 2.45) is 0 Å². The topological polar surface area (TPSA) is 51.2 Å². The Morgan fingerprint density at radius 2 is 1.05 bits per heavy atom. The highest BCUT2D eigenvalue weighted by Gasteiger charge is 1.83. The minimum Gasteiger partial charge on any atom is -0.303 e. The lowest BCUT2D eigenvalue weighted by molar-refractivity contribution is -0.117. The molecular weight excluding hydrogens is 240 g/mol. The maximum atomic E-state index is 10.0. The lowest BCUT2D eigenvalue weighted by atomic mass is 10.3. The molecule has 3 heteroatoms. The predicted octanol–water partition coefficient (Wildman–Crippen LogP) is 5.01. The summed E-state index contributed by atoms with van der Waals surface area (Å²) in [7, 11) is 0. The van der Waals surface area contributed by atoms with Gasteiger partial charge in [-0.1, -0.05) is 54.9 Å². The molecule has 0 heterocycles. The van der Waals surface area contributed by atoms with E-state index in [1.807, 2.05) is 34.6 Å². The summed E-state index contributed by atoms with van der Waals surface area (Å²) < 4.78 is 0. The Balaban J connectivity index is -0.0000000452. The normalized spacial score (nSPS) is 6.53. The van der Waals surface area contributed by atoms with E-state index in [9.17, 15) is 14.4 Å². The van der Waals surface area contributed by atoms with Crippen LogP contribution in [-0.4, -0.2) is 18.4 Å². The van der Waals surface area contributed by atoms with E-state index in [4.69, 9.17) is 0 Å². The van der Waals surface area contributed by atoms with Crippen LogP contribution in [0.4, 0.5) is 0 Å². The average molecular weight is 276 g/mol. The van der Waals surface area contributed by atoms with Crippen molar-refractivity contribution in [2.75, 3.05) is 0 Å². The molecule has 0 spiro atoms. The van der Waals surface area contributed by atoms with Crippen LogP contribution in [-0.2, 0) is 14.4 Å². The van der Waals surface area contributed by atoms with Crippen LogP contribution in [0.3, 0.4) is 0 Å². The number of Topliss-reactive ketones (excluding diaryl/α,β-unsaturated/α-hetero) is 1.